The number of aliphatic hydroxyl groups excluding tert-OH is 1. The van der Waals surface area contributed by atoms with Crippen molar-refractivity contribution in [2.24, 2.45) is 5.92 Å². The van der Waals surface area contributed by atoms with Gasteiger partial charge in [-0.05, 0) is 54.6 Å². The molecule has 18 heavy (non-hydrogen) atoms. The molecule has 0 spiro atoms. The first kappa shape index (κ1) is 13.6. The van der Waals surface area contributed by atoms with Crippen LogP contribution in [-0.4, -0.2) is 28.2 Å². The molecule has 1 unspecified atom stereocenters. The van der Waals surface area contributed by atoms with Gasteiger partial charge in [-0.25, -0.2) is 0 Å². The molecule has 5 heteroatoms. The molecule has 2 rings (SSSR count). The lowest BCUT2D eigenvalue weighted by atomic mass is 10.2. The Balaban J connectivity index is 1.99. The number of carbonyl (C=O) groups is 1. The molecule has 1 aliphatic carbocycles. The number of aliphatic hydroxyl groups is 1. The molecule has 1 atom stereocenters. The summed E-state index contributed by atoms with van der Waals surface area (Å²) in [6, 6.07) is 2.03. The molecule has 1 aromatic heterocycles. The number of nitrogens with zero attached hydrogens (tertiary/aromatic N) is 1. The van der Waals surface area contributed by atoms with Crippen LogP contribution in [-0.2, 0) is 0 Å². The number of carbonyl (C=O) groups excluding carboxylic acids is 1. The fourth-order valence-corrected chi connectivity index (χ4v) is 2.43. The van der Waals surface area contributed by atoms with Gasteiger partial charge >= 0.3 is 0 Å². The summed E-state index contributed by atoms with van der Waals surface area (Å²) >= 11 is 3.38. The average molecular weight is 315 g/mol. The number of amides is 1. The smallest absolute Gasteiger partial charge is 0.268 e. The largest absolute Gasteiger partial charge is 0.391 e. The number of rotatable bonds is 5. The van der Waals surface area contributed by atoms with E-state index in [1.807, 2.05) is 24.6 Å². The second kappa shape index (κ2) is 5.45. The van der Waals surface area contributed by atoms with E-state index in [1.165, 1.54) is 0 Å². The SMILES string of the molecule is CC(C)n1cc(Br)cc1C(=O)NCC(O)C1CC1. The van der Waals surface area contributed by atoms with Gasteiger partial charge in [-0.1, -0.05) is 0 Å². The summed E-state index contributed by atoms with van der Waals surface area (Å²) in [4.78, 5) is 12.1. The van der Waals surface area contributed by atoms with Crippen LogP contribution in [0.2, 0.25) is 0 Å². The van der Waals surface area contributed by atoms with E-state index in [4.69, 9.17) is 0 Å². The molecule has 1 fully saturated rings. The van der Waals surface area contributed by atoms with Gasteiger partial charge in [-0.3, -0.25) is 4.79 Å². The van der Waals surface area contributed by atoms with Crippen molar-refractivity contribution in [3.8, 4) is 0 Å². The van der Waals surface area contributed by atoms with Crippen LogP contribution in [0.3, 0.4) is 0 Å². The third-order valence-corrected chi connectivity index (χ3v) is 3.68. The molecule has 4 nitrogen and oxygen atoms in total. The molecule has 0 aliphatic heterocycles. The minimum atomic E-state index is -0.403. The molecule has 1 saturated carbocycles. The monoisotopic (exact) mass is 314 g/mol. The zero-order valence-corrected chi connectivity index (χ0v) is 12.3. The Bertz CT molecular complexity index is 438. The van der Waals surface area contributed by atoms with Crippen molar-refractivity contribution in [1.29, 1.82) is 0 Å². The zero-order chi connectivity index (χ0) is 13.3. The minimum absolute atomic E-state index is 0.130. The van der Waals surface area contributed by atoms with Gasteiger partial charge in [0.05, 0.1) is 6.10 Å². The minimum Gasteiger partial charge on any atom is -0.391 e. The normalized spacial score (nSPS) is 16.9. The van der Waals surface area contributed by atoms with Crippen molar-refractivity contribution in [3.05, 3.63) is 22.4 Å². The third-order valence-electron chi connectivity index (χ3n) is 3.24. The van der Waals surface area contributed by atoms with Crippen LogP contribution in [0.1, 0.15) is 43.2 Å². The van der Waals surface area contributed by atoms with Gasteiger partial charge in [-0.15, -0.1) is 0 Å². The molecular weight excluding hydrogens is 296 g/mol. The van der Waals surface area contributed by atoms with E-state index in [2.05, 4.69) is 21.2 Å². The van der Waals surface area contributed by atoms with Crippen molar-refractivity contribution >= 4 is 21.8 Å². The van der Waals surface area contributed by atoms with Crippen LogP contribution >= 0.6 is 15.9 Å². The van der Waals surface area contributed by atoms with Gasteiger partial charge in [0, 0.05) is 23.3 Å². The molecule has 0 aromatic carbocycles. The van der Waals surface area contributed by atoms with E-state index in [9.17, 15) is 9.90 Å². The molecule has 1 aliphatic rings. The zero-order valence-electron chi connectivity index (χ0n) is 10.7. The standard InChI is InChI=1S/C13H19BrN2O2/c1-8(2)16-7-10(14)5-11(16)13(18)15-6-12(17)9-3-4-9/h5,7-9,12,17H,3-4,6H2,1-2H3,(H,15,18). The maximum Gasteiger partial charge on any atom is 0.268 e. The fraction of sp³-hybridized carbons (Fsp3) is 0.615. The quantitative estimate of drug-likeness (QED) is 0.876. The highest BCUT2D eigenvalue weighted by atomic mass is 79.9. The maximum absolute atomic E-state index is 12.1. The highest BCUT2D eigenvalue weighted by molar-refractivity contribution is 9.10. The molecule has 0 radical (unpaired) electrons. The van der Waals surface area contributed by atoms with Crippen molar-refractivity contribution in [1.82, 2.24) is 9.88 Å². The van der Waals surface area contributed by atoms with Gasteiger partial charge < -0.3 is 15.0 Å². The number of halogens is 1. The number of hydrogen-bond donors (Lipinski definition) is 2. The first-order valence-corrected chi connectivity index (χ1v) is 7.12. The van der Waals surface area contributed by atoms with Gasteiger partial charge in [0.1, 0.15) is 5.69 Å². The lowest BCUT2D eigenvalue weighted by molar-refractivity contribution is 0.0891. The predicted octanol–water partition coefficient (Wildman–Crippen LogP) is 2.33. The summed E-state index contributed by atoms with van der Waals surface area (Å²) in [5.74, 6) is 0.253. The van der Waals surface area contributed by atoms with Gasteiger partial charge in [0.2, 0.25) is 0 Å². The number of aromatic nitrogens is 1. The van der Waals surface area contributed by atoms with E-state index < -0.39 is 6.10 Å². The van der Waals surface area contributed by atoms with Gasteiger partial charge in [-0.2, -0.15) is 0 Å². The molecule has 0 saturated heterocycles. The van der Waals surface area contributed by atoms with Crippen LogP contribution in [0, 0.1) is 5.92 Å². The van der Waals surface area contributed by atoms with Crippen LogP contribution in [0.25, 0.3) is 0 Å². The Morgan fingerprint density at radius 2 is 2.28 bits per heavy atom. The predicted molar refractivity (Wildman–Crippen MR) is 73.6 cm³/mol. The summed E-state index contributed by atoms with van der Waals surface area (Å²) < 4.78 is 2.81. The highest BCUT2D eigenvalue weighted by Gasteiger charge is 2.30. The topological polar surface area (TPSA) is 54.3 Å². The van der Waals surface area contributed by atoms with E-state index in [1.54, 1.807) is 6.07 Å². The molecule has 1 heterocycles. The Hall–Kier alpha value is -0.810. The van der Waals surface area contributed by atoms with Crippen LogP contribution in [0.15, 0.2) is 16.7 Å². The van der Waals surface area contributed by atoms with Crippen LogP contribution in [0.4, 0.5) is 0 Å². The second-order valence-electron chi connectivity index (χ2n) is 5.16. The maximum atomic E-state index is 12.1. The van der Waals surface area contributed by atoms with Crippen LogP contribution < -0.4 is 5.32 Å². The Labute approximate surface area is 116 Å². The van der Waals surface area contributed by atoms with E-state index in [0.29, 0.717) is 18.2 Å². The first-order chi connectivity index (χ1) is 8.49. The second-order valence-corrected chi connectivity index (χ2v) is 6.08. The molecule has 1 aromatic rings. The van der Waals surface area contributed by atoms with E-state index in [0.717, 1.165) is 17.3 Å². The van der Waals surface area contributed by atoms with Crippen molar-refractivity contribution in [2.45, 2.75) is 38.8 Å². The molecule has 0 bridgehead atoms. The summed E-state index contributed by atoms with van der Waals surface area (Å²) in [6.45, 7) is 4.40. The Morgan fingerprint density at radius 1 is 1.61 bits per heavy atom. The number of hydrogen-bond acceptors (Lipinski definition) is 2. The number of nitrogens with one attached hydrogen (secondary N) is 1. The van der Waals surface area contributed by atoms with E-state index in [-0.39, 0.29) is 11.9 Å². The first-order valence-electron chi connectivity index (χ1n) is 6.32. The van der Waals surface area contributed by atoms with E-state index >= 15 is 0 Å². The average Bonchev–Trinajstić information content (AvgIpc) is 3.08. The Morgan fingerprint density at radius 3 is 2.83 bits per heavy atom. The molecule has 1 amide bonds. The van der Waals surface area contributed by atoms with Crippen molar-refractivity contribution in [3.63, 3.8) is 0 Å². The molecule has 2 N–H and O–H groups in total. The summed E-state index contributed by atoms with van der Waals surface area (Å²) in [5.41, 5.74) is 0.625. The third kappa shape index (κ3) is 3.14. The summed E-state index contributed by atoms with van der Waals surface area (Å²) in [7, 11) is 0. The highest BCUT2D eigenvalue weighted by Crippen LogP contribution is 2.32. The molecular formula is C13H19BrN2O2. The lowest BCUT2D eigenvalue weighted by Gasteiger charge is -2.14. The summed E-state index contributed by atoms with van der Waals surface area (Å²) in [6.07, 6.45) is 3.65. The summed E-state index contributed by atoms with van der Waals surface area (Å²) in [5, 5.41) is 12.5. The lowest BCUT2D eigenvalue weighted by Crippen LogP contribution is -2.34. The van der Waals surface area contributed by atoms with Crippen molar-refractivity contribution < 1.29 is 9.90 Å². The fourth-order valence-electron chi connectivity index (χ4n) is 1.99. The van der Waals surface area contributed by atoms with Crippen molar-refractivity contribution in [2.75, 3.05) is 6.54 Å². The van der Waals surface area contributed by atoms with Crippen LogP contribution in [0.5, 0.6) is 0 Å². The van der Waals surface area contributed by atoms with Gasteiger partial charge in [0.25, 0.3) is 5.91 Å². The Kier molecular flexibility index (Phi) is 4.12. The van der Waals surface area contributed by atoms with Gasteiger partial charge in [0.15, 0.2) is 0 Å². The molecule has 100 valence electrons.